The molecule has 0 aliphatic heterocycles. The summed E-state index contributed by atoms with van der Waals surface area (Å²) in [7, 11) is 0. The second kappa shape index (κ2) is 7.23. The van der Waals surface area contributed by atoms with Crippen LogP contribution in [-0.4, -0.2) is 10.9 Å². The van der Waals surface area contributed by atoms with Gasteiger partial charge in [0.1, 0.15) is 11.6 Å². The third-order valence-corrected chi connectivity index (χ3v) is 3.98. The Morgan fingerprint density at radius 2 is 1.67 bits per heavy atom. The fraction of sp³-hybridized carbons (Fsp3) is 0. The highest BCUT2D eigenvalue weighted by Gasteiger charge is 2.09. The van der Waals surface area contributed by atoms with Gasteiger partial charge in [-0.3, -0.25) is 4.79 Å². The Bertz CT molecular complexity index is 868. The van der Waals surface area contributed by atoms with Gasteiger partial charge in [-0.05, 0) is 52.3 Å². The minimum absolute atomic E-state index is 0.271. The number of nitrogens with zero attached hydrogens (tertiary/aromatic N) is 1. The molecule has 0 saturated heterocycles. The highest BCUT2D eigenvalue weighted by molar-refractivity contribution is 9.10. The van der Waals surface area contributed by atoms with Crippen molar-refractivity contribution in [1.29, 1.82) is 0 Å². The van der Waals surface area contributed by atoms with E-state index in [1.807, 2.05) is 18.2 Å². The summed E-state index contributed by atoms with van der Waals surface area (Å²) in [5.74, 6) is -0.181. The molecule has 6 heteroatoms. The van der Waals surface area contributed by atoms with Gasteiger partial charge in [0.2, 0.25) is 0 Å². The van der Waals surface area contributed by atoms with E-state index in [1.54, 1.807) is 36.4 Å². The van der Waals surface area contributed by atoms with Crippen LogP contribution in [0.3, 0.4) is 0 Å². The average molecular weight is 386 g/mol. The molecule has 0 spiro atoms. The van der Waals surface area contributed by atoms with E-state index in [2.05, 4.69) is 31.5 Å². The lowest BCUT2D eigenvalue weighted by molar-refractivity contribution is 0.102. The first-order valence-corrected chi connectivity index (χ1v) is 7.96. The number of halogens is 2. The van der Waals surface area contributed by atoms with Gasteiger partial charge in [0.05, 0.1) is 16.9 Å². The molecule has 2 N–H and O–H groups in total. The summed E-state index contributed by atoms with van der Waals surface area (Å²) in [5, 5.41) is 5.67. The summed E-state index contributed by atoms with van der Waals surface area (Å²) < 4.78 is 14.4. The molecule has 0 aliphatic carbocycles. The zero-order valence-corrected chi connectivity index (χ0v) is 14.0. The predicted molar refractivity (Wildman–Crippen MR) is 96.0 cm³/mol. The Hall–Kier alpha value is -2.73. The molecule has 0 radical (unpaired) electrons. The third-order valence-electron chi connectivity index (χ3n) is 3.28. The topological polar surface area (TPSA) is 54.0 Å². The fourth-order valence-electron chi connectivity index (χ4n) is 2.06. The van der Waals surface area contributed by atoms with Crippen LogP contribution < -0.4 is 10.6 Å². The van der Waals surface area contributed by atoms with E-state index >= 15 is 0 Å². The van der Waals surface area contributed by atoms with Crippen LogP contribution in [0, 0.1) is 5.82 Å². The maximum Gasteiger partial charge on any atom is 0.257 e. The first-order valence-electron chi connectivity index (χ1n) is 7.17. The largest absolute Gasteiger partial charge is 0.338 e. The number of pyridine rings is 1. The first-order chi connectivity index (χ1) is 11.6. The Morgan fingerprint density at radius 1 is 0.958 bits per heavy atom. The number of hydrogen-bond acceptors (Lipinski definition) is 3. The molecule has 1 heterocycles. The van der Waals surface area contributed by atoms with Crippen molar-refractivity contribution >= 4 is 39.0 Å². The second-order valence-electron chi connectivity index (χ2n) is 4.97. The van der Waals surface area contributed by atoms with Crippen LogP contribution in [0.2, 0.25) is 0 Å². The number of aromatic nitrogens is 1. The molecule has 0 atom stereocenters. The van der Waals surface area contributed by atoms with Crippen molar-refractivity contribution < 1.29 is 9.18 Å². The van der Waals surface area contributed by atoms with Crippen LogP contribution in [0.4, 0.5) is 21.6 Å². The summed E-state index contributed by atoms with van der Waals surface area (Å²) >= 11 is 3.38. The molecule has 0 saturated carbocycles. The maximum absolute atomic E-state index is 13.6. The minimum atomic E-state index is -0.366. The number of amides is 1. The van der Waals surface area contributed by atoms with Crippen molar-refractivity contribution in [2.75, 3.05) is 10.6 Å². The fourth-order valence-corrected chi connectivity index (χ4v) is 2.44. The van der Waals surface area contributed by atoms with Crippen molar-refractivity contribution in [2.45, 2.75) is 0 Å². The molecular weight excluding hydrogens is 373 g/mol. The summed E-state index contributed by atoms with van der Waals surface area (Å²) in [6.45, 7) is 0. The van der Waals surface area contributed by atoms with Crippen LogP contribution in [0.5, 0.6) is 0 Å². The van der Waals surface area contributed by atoms with Crippen LogP contribution >= 0.6 is 15.9 Å². The Labute approximate surface area is 146 Å². The van der Waals surface area contributed by atoms with E-state index in [1.165, 1.54) is 12.3 Å². The maximum atomic E-state index is 13.6. The van der Waals surface area contributed by atoms with Gasteiger partial charge < -0.3 is 10.6 Å². The number of rotatable bonds is 4. The zero-order valence-electron chi connectivity index (χ0n) is 12.5. The number of carbonyl (C=O) groups excluding carboxylic acids is 1. The van der Waals surface area contributed by atoms with Gasteiger partial charge in [0.25, 0.3) is 5.91 Å². The number of para-hydroxylation sites is 2. The van der Waals surface area contributed by atoms with Gasteiger partial charge in [-0.25, -0.2) is 9.37 Å². The highest BCUT2D eigenvalue weighted by atomic mass is 79.9. The van der Waals surface area contributed by atoms with Gasteiger partial charge in [-0.15, -0.1) is 0 Å². The van der Waals surface area contributed by atoms with E-state index in [4.69, 9.17) is 0 Å². The standard InChI is InChI=1S/C18H13BrFN3O/c19-13-5-1-3-7-15(13)23-18(24)12-9-10-17(21-11-12)22-16-8-4-2-6-14(16)20/h1-11H,(H,21,22)(H,23,24). The minimum Gasteiger partial charge on any atom is -0.338 e. The van der Waals surface area contributed by atoms with E-state index in [0.717, 1.165) is 4.47 Å². The van der Waals surface area contributed by atoms with Crippen LogP contribution in [0.1, 0.15) is 10.4 Å². The van der Waals surface area contributed by atoms with Crippen LogP contribution in [0.15, 0.2) is 71.3 Å². The van der Waals surface area contributed by atoms with Crippen molar-refractivity contribution in [3.8, 4) is 0 Å². The summed E-state index contributed by atoms with van der Waals surface area (Å²) in [4.78, 5) is 16.4. The molecule has 1 amide bonds. The van der Waals surface area contributed by atoms with Gasteiger partial charge in [-0.2, -0.15) is 0 Å². The van der Waals surface area contributed by atoms with Crippen molar-refractivity contribution in [2.24, 2.45) is 0 Å². The highest BCUT2D eigenvalue weighted by Crippen LogP contribution is 2.22. The lowest BCUT2D eigenvalue weighted by Gasteiger charge is -2.09. The Morgan fingerprint density at radius 3 is 2.33 bits per heavy atom. The molecule has 4 nitrogen and oxygen atoms in total. The van der Waals surface area contributed by atoms with Crippen molar-refractivity contribution in [3.05, 3.63) is 82.7 Å². The third kappa shape index (κ3) is 3.78. The van der Waals surface area contributed by atoms with Gasteiger partial charge in [-0.1, -0.05) is 24.3 Å². The molecule has 0 fully saturated rings. The smallest absolute Gasteiger partial charge is 0.257 e. The average Bonchev–Trinajstić information content (AvgIpc) is 2.59. The number of nitrogens with one attached hydrogen (secondary N) is 2. The molecule has 3 rings (SSSR count). The zero-order chi connectivity index (χ0) is 16.9. The number of hydrogen-bond donors (Lipinski definition) is 2. The molecule has 0 bridgehead atoms. The lowest BCUT2D eigenvalue weighted by atomic mass is 10.2. The Balaban J connectivity index is 1.71. The summed E-state index contributed by atoms with van der Waals surface area (Å²) in [6.07, 6.45) is 1.44. The lowest BCUT2D eigenvalue weighted by Crippen LogP contribution is -2.12. The SMILES string of the molecule is O=C(Nc1ccccc1Br)c1ccc(Nc2ccccc2F)nc1. The van der Waals surface area contributed by atoms with Gasteiger partial charge in [0, 0.05) is 10.7 Å². The van der Waals surface area contributed by atoms with E-state index in [0.29, 0.717) is 22.8 Å². The van der Waals surface area contributed by atoms with E-state index in [-0.39, 0.29) is 11.7 Å². The van der Waals surface area contributed by atoms with E-state index in [9.17, 15) is 9.18 Å². The molecule has 3 aromatic rings. The van der Waals surface area contributed by atoms with Crippen LogP contribution in [-0.2, 0) is 0 Å². The van der Waals surface area contributed by atoms with Crippen LogP contribution in [0.25, 0.3) is 0 Å². The molecule has 120 valence electrons. The first kappa shape index (κ1) is 16.1. The number of carbonyl (C=O) groups is 1. The van der Waals surface area contributed by atoms with E-state index < -0.39 is 0 Å². The van der Waals surface area contributed by atoms with Gasteiger partial charge in [0.15, 0.2) is 0 Å². The summed E-state index contributed by atoms with van der Waals surface area (Å²) in [6, 6.07) is 16.9. The number of benzene rings is 2. The summed E-state index contributed by atoms with van der Waals surface area (Å²) in [5.41, 5.74) is 1.41. The molecule has 2 aromatic carbocycles. The second-order valence-corrected chi connectivity index (χ2v) is 5.83. The normalized spacial score (nSPS) is 10.2. The predicted octanol–water partition coefficient (Wildman–Crippen LogP) is 4.98. The molecule has 0 unspecified atom stereocenters. The van der Waals surface area contributed by atoms with Crippen molar-refractivity contribution in [1.82, 2.24) is 4.98 Å². The monoisotopic (exact) mass is 385 g/mol. The molecule has 24 heavy (non-hydrogen) atoms. The molecular formula is C18H13BrFN3O. The quantitative estimate of drug-likeness (QED) is 0.665. The Kier molecular flexibility index (Phi) is 4.86. The number of anilines is 3. The van der Waals surface area contributed by atoms with Gasteiger partial charge >= 0.3 is 0 Å². The van der Waals surface area contributed by atoms with Crippen molar-refractivity contribution in [3.63, 3.8) is 0 Å². The molecule has 1 aromatic heterocycles. The molecule has 0 aliphatic rings.